The van der Waals surface area contributed by atoms with Crippen LogP contribution in [0, 0.1) is 0 Å². The second-order valence-electron chi connectivity index (χ2n) is 2.26. The van der Waals surface area contributed by atoms with Gasteiger partial charge in [0.2, 0.25) is 0 Å². The fourth-order valence-electron chi connectivity index (χ4n) is 0.452. The van der Waals surface area contributed by atoms with Crippen molar-refractivity contribution in [3.8, 4) is 0 Å². The van der Waals surface area contributed by atoms with Crippen molar-refractivity contribution in [2.75, 3.05) is 6.54 Å². The van der Waals surface area contributed by atoms with E-state index in [0.29, 0.717) is 13.0 Å². The van der Waals surface area contributed by atoms with E-state index in [9.17, 15) is 0 Å². The van der Waals surface area contributed by atoms with Gasteiger partial charge in [-0.3, -0.25) is 11.7 Å². The van der Waals surface area contributed by atoms with E-state index in [2.05, 4.69) is 0 Å². The minimum Gasteiger partial charge on any atom is -0.312 e. The van der Waals surface area contributed by atoms with Crippen LogP contribution in [0.4, 0.5) is 0 Å². The van der Waals surface area contributed by atoms with Crippen LogP contribution in [0.3, 0.4) is 0 Å². The van der Waals surface area contributed by atoms with Gasteiger partial charge in [-0.1, -0.05) is 6.92 Å². The Kier molecular flexibility index (Phi) is 3.02. The summed E-state index contributed by atoms with van der Waals surface area (Å²) >= 11 is 0. The van der Waals surface area contributed by atoms with E-state index < -0.39 is 5.66 Å². The standard InChI is InChI=1S/C4H15N5/c1-2-4(5,6)3-9(7)8/h2-3,5-8H2,1H3. The highest BCUT2D eigenvalue weighted by atomic mass is 15.6. The molecule has 0 aliphatic rings. The zero-order valence-corrected chi connectivity index (χ0v) is 5.67. The number of nitrogens with two attached hydrogens (primary N) is 4. The first kappa shape index (κ1) is 8.80. The number of hydrogen-bond acceptors (Lipinski definition) is 5. The van der Waals surface area contributed by atoms with Crippen LogP contribution in [-0.4, -0.2) is 17.3 Å². The molecule has 0 aromatic carbocycles. The van der Waals surface area contributed by atoms with Gasteiger partial charge in [0.1, 0.15) is 0 Å². The van der Waals surface area contributed by atoms with Gasteiger partial charge in [-0.05, 0) is 6.42 Å². The van der Waals surface area contributed by atoms with E-state index in [-0.39, 0.29) is 0 Å². The zero-order valence-electron chi connectivity index (χ0n) is 5.67. The van der Waals surface area contributed by atoms with Gasteiger partial charge >= 0.3 is 0 Å². The van der Waals surface area contributed by atoms with E-state index in [1.54, 1.807) is 0 Å². The molecule has 0 saturated heterocycles. The highest BCUT2D eigenvalue weighted by Crippen LogP contribution is 1.94. The third kappa shape index (κ3) is 4.31. The normalized spacial score (nSPS) is 12.7. The molecule has 0 rings (SSSR count). The van der Waals surface area contributed by atoms with Crippen molar-refractivity contribution >= 4 is 0 Å². The summed E-state index contributed by atoms with van der Waals surface area (Å²) in [5.41, 5.74) is 10.2. The molecule has 0 saturated carbocycles. The van der Waals surface area contributed by atoms with Crippen LogP contribution in [0.2, 0.25) is 0 Å². The lowest BCUT2D eigenvalue weighted by molar-refractivity contribution is 0.215. The van der Waals surface area contributed by atoms with E-state index in [0.717, 1.165) is 5.12 Å². The average Bonchev–Trinajstić information content (AvgIpc) is 1.63. The van der Waals surface area contributed by atoms with Gasteiger partial charge in [-0.2, -0.15) is 5.12 Å². The molecule has 8 N–H and O–H groups in total. The van der Waals surface area contributed by atoms with Crippen LogP contribution < -0.4 is 23.2 Å². The Hall–Kier alpha value is -0.200. The summed E-state index contributed by atoms with van der Waals surface area (Å²) in [5, 5.41) is 0.990. The third-order valence-corrected chi connectivity index (χ3v) is 1.14. The second kappa shape index (κ2) is 3.09. The van der Waals surface area contributed by atoms with Crippen LogP contribution in [0.5, 0.6) is 0 Å². The fourth-order valence-corrected chi connectivity index (χ4v) is 0.452. The minimum atomic E-state index is -0.760. The Morgan fingerprint density at radius 3 is 1.89 bits per heavy atom. The monoisotopic (exact) mass is 133 g/mol. The summed E-state index contributed by atoms with van der Waals surface area (Å²) < 4.78 is 0. The van der Waals surface area contributed by atoms with Crippen molar-refractivity contribution in [1.29, 1.82) is 0 Å². The molecule has 0 amide bonds. The molecule has 0 aromatic rings. The number of hydrogen-bond donors (Lipinski definition) is 4. The lowest BCUT2D eigenvalue weighted by atomic mass is 10.1. The van der Waals surface area contributed by atoms with E-state index >= 15 is 0 Å². The van der Waals surface area contributed by atoms with Crippen molar-refractivity contribution in [2.24, 2.45) is 23.2 Å². The van der Waals surface area contributed by atoms with Crippen molar-refractivity contribution in [1.82, 2.24) is 5.12 Å². The molecule has 56 valence electrons. The first-order valence-corrected chi connectivity index (χ1v) is 2.82. The van der Waals surface area contributed by atoms with Gasteiger partial charge in [0, 0.05) is 0 Å². The van der Waals surface area contributed by atoms with Crippen molar-refractivity contribution in [3.05, 3.63) is 0 Å². The van der Waals surface area contributed by atoms with Gasteiger partial charge in [-0.15, -0.1) is 0 Å². The van der Waals surface area contributed by atoms with Crippen molar-refractivity contribution < 1.29 is 0 Å². The quantitative estimate of drug-likeness (QED) is 0.203. The predicted octanol–water partition coefficient (Wildman–Crippen LogP) is -1.94. The molecule has 0 aliphatic carbocycles. The minimum absolute atomic E-state index is 0.295. The van der Waals surface area contributed by atoms with E-state index in [1.165, 1.54) is 0 Å². The molecule has 0 aliphatic heterocycles. The molecule has 9 heavy (non-hydrogen) atoms. The molecular formula is C4H15N5. The Morgan fingerprint density at radius 1 is 1.33 bits per heavy atom. The molecular weight excluding hydrogens is 118 g/mol. The van der Waals surface area contributed by atoms with Crippen LogP contribution in [0.1, 0.15) is 13.3 Å². The molecule has 0 radical (unpaired) electrons. The van der Waals surface area contributed by atoms with Gasteiger partial charge in [0.05, 0.1) is 12.2 Å². The first-order valence-electron chi connectivity index (χ1n) is 2.82. The zero-order chi connectivity index (χ0) is 7.49. The largest absolute Gasteiger partial charge is 0.312 e. The van der Waals surface area contributed by atoms with Crippen LogP contribution >= 0.6 is 0 Å². The molecule has 0 aromatic heterocycles. The van der Waals surface area contributed by atoms with Gasteiger partial charge in [0.25, 0.3) is 0 Å². The third-order valence-electron chi connectivity index (χ3n) is 1.14. The SMILES string of the molecule is CCC(N)(N)CN(N)N. The van der Waals surface area contributed by atoms with Gasteiger partial charge in [0.15, 0.2) is 0 Å². The van der Waals surface area contributed by atoms with E-state index in [1.807, 2.05) is 6.92 Å². The molecule has 0 fully saturated rings. The van der Waals surface area contributed by atoms with Crippen LogP contribution in [0.15, 0.2) is 0 Å². The lowest BCUT2D eigenvalue weighted by Gasteiger charge is -2.25. The molecule has 0 bridgehead atoms. The Balaban J connectivity index is 3.58. The van der Waals surface area contributed by atoms with Crippen molar-refractivity contribution in [2.45, 2.75) is 19.0 Å². The molecule has 0 atom stereocenters. The summed E-state index contributed by atoms with van der Waals surface area (Å²) in [6.45, 7) is 2.17. The average molecular weight is 133 g/mol. The van der Waals surface area contributed by atoms with Crippen molar-refractivity contribution in [3.63, 3.8) is 0 Å². The molecule has 5 nitrogen and oxygen atoms in total. The predicted molar refractivity (Wildman–Crippen MR) is 36.5 cm³/mol. The summed E-state index contributed by atoms with van der Waals surface area (Å²) in [6.07, 6.45) is 0.651. The Morgan fingerprint density at radius 2 is 1.78 bits per heavy atom. The summed E-state index contributed by atoms with van der Waals surface area (Å²) in [4.78, 5) is 0. The number of hydrazine groups is 2. The summed E-state index contributed by atoms with van der Waals surface area (Å²) in [5.74, 6) is 10.2. The fraction of sp³-hybridized carbons (Fsp3) is 1.00. The molecule has 0 unspecified atom stereocenters. The maximum Gasteiger partial charge on any atom is 0.0793 e. The van der Waals surface area contributed by atoms with Crippen LogP contribution in [0.25, 0.3) is 0 Å². The highest BCUT2D eigenvalue weighted by Gasteiger charge is 2.16. The van der Waals surface area contributed by atoms with Crippen LogP contribution in [-0.2, 0) is 0 Å². The topological polar surface area (TPSA) is 107 Å². The second-order valence-corrected chi connectivity index (χ2v) is 2.26. The van der Waals surface area contributed by atoms with Gasteiger partial charge < -0.3 is 11.5 Å². The summed E-state index contributed by atoms with van der Waals surface area (Å²) in [7, 11) is 0. The lowest BCUT2D eigenvalue weighted by Crippen LogP contribution is -2.60. The maximum absolute atomic E-state index is 5.49. The van der Waals surface area contributed by atoms with E-state index in [4.69, 9.17) is 23.2 Å². The molecule has 5 heteroatoms. The van der Waals surface area contributed by atoms with Gasteiger partial charge in [-0.25, -0.2) is 0 Å². The molecule has 0 spiro atoms. The Bertz CT molecular complexity index is 79.0. The molecule has 0 heterocycles. The summed E-state index contributed by atoms with van der Waals surface area (Å²) in [6, 6.07) is 0. The highest BCUT2D eigenvalue weighted by molar-refractivity contribution is 4.75. The Labute approximate surface area is 54.9 Å². The number of nitrogens with zero attached hydrogens (tertiary/aromatic N) is 1. The number of rotatable bonds is 3. The maximum atomic E-state index is 5.49. The smallest absolute Gasteiger partial charge is 0.0793 e. The first-order chi connectivity index (χ1) is 3.98.